The minimum absolute atomic E-state index is 0.171. The number of benzene rings is 1. The Bertz CT molecular complexity index is 448. The predicted octanol–water partition coefficient (Wildman–Crippen LogP) is 3.30. The van der Waals surface area contributed by atoms with Gasteiger partial charge in [-0.05, 0) is 55.7 Å². The van der Waals surface area contributed by atoms with Crippen LogP contribution in [0.25, 0.3) is 0 Å². The van der Waals surface area contributed by atoms with E-state index in [1.54, 1.807) is 0 Å². The lowest BCUT2D eigenvalue weighted by molar-refractivity contribution is -0.147. The predicted molar refractivity (Wildman–Crippen MR) is 79.5 cm³/mol. The highest BCUT2D eigenvalue weighted by molar-refractivity contribution is 9.10. The zero-order chi connectivity index (χ0) is 13.3. The highest BCUT2D eigenvalue weighted by atomic mass is 79.9. The lowest BCUT2D eigenvalue weighted by Gasteiger charge is -2.48. The van der Waals surface area contributed by atoms with Crippen molar-refractivity contribution in [2.45, 2.75) is 43.7 Å². The van der Waals surface area contributed by atoms with Crippen molar-refractivity contribution in [1.29, 1.82) is 0 Å². The van der Waals surface area contributed by atoms with Crippen LogP contribution in [-0.2, 0) is 4.74 Å². The molecular formula is C15H21BrN2O. The van der Waals surface area contributed by atoms with Gasteiger partial charge < -0.3 is 4.74 Å². The fraction of sp³-hybridized carbons (Fsp3) is 0.600. The molecule has 1 aromatic carbocycles. The zero-order valence-electron chi connectivity index (χ0n) is 11.1. The molecule has 1 saturated heterocycles. The van der Waals surface area contributed by atoms with Crippen LogP contribution >= 0.6 is 15.9 Å². The second kappa shape index (κ2) is 5.52. The molecular weight excluding hydrogens is 304 g/mol. The molecule has 2 atom stereocenters. The van der Waals surface area contributed by atoms with Gasteiger partial charge in [0.1, 0.15) is 0 Å². The number of halogens is 1. The Labute approximate surface area is 123 Å². The number of nitrogens with two attached hydrogens (primary N) is 1. The van der Waals surface area contributed by atoms with Gasteiger partial charge in [-0.25, -0.2) is 0 Å². The molecule has 0 radical (unpaired) electrons. The van der Waals surface area contributed by atoms with Crippen LogP contribution in [0.4, 0.5) is 0 Å². The summed E-state index contributed by atoms with van der Waals surface area (Å²) in [6.07, 6.45) is 5.97. The van der Waals surface area contributed by atoms with Crippen LogP contribution in [0.15, 0.2) is 28.7 Å². The first kappa shape index (κ1) is 13.6. The third-order valence-electron chi connectivity index (χ3n) is 4.65. The van der Waals surface area contributed by atoms with Crippen molar-refractivity contribution in [3.05, 3.63) is 34.3 Å². The third kappa shape index (κ3) is 2.72. The van der Waals surface area contributed by atoms with Gasteiger partial charge in [0.05, 0.1) is 5.60 Å². The summed E-state index contributed by atoms with van der Waals surface area (Å²) in [5.74, 6) is 6.39. The molecule has 19 heavy (non-hydrogen) atoms. The van der Waals surface area contributed by atoms with Crippen LogP contribution in [0.2, 0.25) is 0 Å². The number of rotatable bonds is 3. The minimum atomic E-state index is 0.171. The minimum Gasteiger partial charge on any atom is -0.375 e. The molecule has 1 aliphatic heterocycles. The molecule has 2 unspecified atom stereocenters. The molecule has 2 aliphatic rings. The van der Waals surface area contributed by atoms with Crippen LogP contribution in [0, 0.1) is 5.92 Å². The van der Waals surface area contributed by atoms with E-state index in [-0.39, 0.29) is 11.6 Å². The van der Waals surface area contributed by atoms with E-state index in [0.29, 0.717) is 5.92 Å². The van der Waals surface area contributed by atoms with Gasteiger partial charge >= 0.3 is 0 Å². The summed E-state index contributed by atoms with van der Waals surface area (Å²) in [6, 6.07) is 8.65. The Kier molecular flexibility index (Phi) is 3.94. The van der Waals surface area contributed by atoms with Crippen molar-refractivity contribution in [3.8, 4) is 0 Å². The van der Waals surface area contributed by atoms with Crippen molar-refractivity contribution in [2.75, 3.05) is 6.61 Å². The molecule has 1 saturated carbocycles. The van der Waals surface area contributed by atoms with Gasteiger partial charge in [0.2, 0.25) is 0 Å². The number of nitrogens with one attached hydrogen (secondary N) is 1. The fourth-order valence-corrected chi connectivity index (χ4v) is 3.89. The monoisotopic (exact) mass is 324 g/mol. The maximum absolute atomic E-state index is 6.01. The fourth-order valence-electron chi connectivity index (χ4n) is 3.47. The van der Waals surface area contributed by atoms with E-state index in [1.807, 2.05) is 0 Å². The summed E-state index contributed by atoms with van der Waals surface area (Å²) in [4.78, 5) is 0. The first-order valence-corrected chi connectivity index (χ1v) is 7.87. The van der Waals surface area contributed by atoms with Gasteiger partial charge in [-0.15, -0.1) is 0 Å². The molecule has 1 heterocycles. The van der Waals surface area contributed by atoms with E-state index in [9.17, 15) is 0 Å². The van der Waals surface area contributed by atoms with Gasteiger partial charge in [0, 0.05) is 17.1 Å². The lowest BCUT2D eigenvalue weighted by Crippen LogP contribution is -2.48. The maximum Gasteiger partial charge on any atom is 0.0686 e. The Morgan fingerprint density at radius 2 is 2.26 bits per heavy atom. The summed E-state index contributed by atoms with van der Waals surface area (Å²) in [6.45, 7) is 0.872. The molecule has 4 heteroatoms. The molecule has 3 rings (SSSR count). The molecule has 104 valence electrons. The summed E-state index contributed by atoms with van der Waals surface area (Å²) in [5.41, 5.74) is 4.46. The standard InChI is InChI=1S/C15H21BrN2O/c16-13-4-1-3-11(9-13)14(18-17)12-5-8-19-15(10-12)6-2-7-15/h1,3-4,9,12,14,18H,2,5-8,10,17H2. The van der Waals surface area contributed by atoms with Gasteiger partial charge in [0.15, 0.2) is 0 Å². The van der Waals surface area contributed by atoms with E-state index in [0.717, 1.165) is 23.9 Å². The average Bonchev–Trinajstić information content (AvgIpc) is 2.38. The second-order valence-corrected chi connectivity index (χ2v) is 6.75. The lowest BCUT2D eigenvalue weighted by atomic mass is 9.70. The third-order valence-corrected chi connectivity index (χ3v) is 5.15. The molecule has 1 spiro atoms. The van der Waals surface area contributed by atoms with Gasteiger partial charge in [0.25, 0.3) is 0 Å². The molecule has 0 bridgehead atoms. The van der Waals surface area contributed by atoms with Crippen molar-refractivity contribution in [3.63, 3.8) is 0 Å². The van der Waals surface area contributed by atoms with Crippen molar-refractivity contribution < 1.29 is 4.74 Å². The van der Waals surface area contributed by atoms with E-state index in [1.165, 1.54) is 24.8 Å². The first-order chi connectivity index (χ1) is 9.22. The van der Waals surface area contributed by atoms with Crippen molar-refractivity contribution >= 4 is 15.9 Å². The summed E-state index contributed by atoms with van der Waals surface area (Å²) < 4.78 is 7.12. The Morgan fingerprint density at radius 1 is 1.42 bits per heavy atom. The Morgan fingerprint density at radius 3 is 2.89 bits per heavy atom. The molecule has 1 aliphatic carbocycles. The topological polar surface area (TPSA) is 47.3 Å². The van der Waals surface area contributed by atoms with E-state index < -0.39 is 0 Å². The van der Waals surface area contributed by atoms with Crippen LogP contribution < -0.4 is 11.3 Å². The maximum atomic E-state index is 6.01. The van der Waals surface area contributed by atoms with Crippen molar-refractivity contribution in [2.24, 2.45) is 11.8 Å². The largest absolute Gasteiger partial charge is 0.375 e. The smallest absolute Gasteiger partial charge is 0.0686 e. The van der Waals surface area contributed by atoms with Crippen LogP contribution in [0.5, 0.6) is 0 Å². The Hall–Kier alpha value is -0.420. The highest BCUT2D eigenvalue weighted by Gasteiger charge is 2.44. The summed E-state index contributed by atoms with van der Waals surface area (Å²) >= 11 is 3.54. The summed E-state index contributed by atoms with van der Waals surface area (Å²) in [5, 5.41) is 0. The van der Waals surface area contributed by atoms with Gasteiger partial charge in [-0.2, -0.15) is 0 Å². The number of hydrazine groups is 1. The molecule has 3 nitrogen and oxygen atoms in total. The van der Waals surface area contributed by atoms with E-state index in [4.69, 9.17) is 10.6 Å². The van der Waals surface area contributed by atoms with E-state index >= 15 is 0 Å². The Balaban J connectivity index is 1.78. The first-order valence-electron chi connectivity index (χ1n) is 7.08. The molecule has 1 aromatic rings. The second-order valence-electron chi connectivity index (χ2n) is 5.84. The average molecular weight is 325 g/mol. The van der Waals surface area contributed by atoms with Crippen LogP contribution in [-0.4, -0.2) is 12.2 Å². The van der Waals surface area contributed by atoms with E-state index in [2.05, 4.69) is 45.6 Å². The highest BCUT2D eigenvalue weighted by Crippen LogP contribution is 2.47. The van der Waals surface area contributed by atoms with Crippen molar-refractivity contribution in [1.82, 2.24) is 5.43 Å². The number of ether oxygens (including phenoxy) is 1. The van der Waals surface area contributed by atoms with Gasteiger partial charge in [-0.3, -0.25) is 11.3 Å². The normalized spacial score (nSPS) is 26.9. The molecule has 2 fully saturated rings. The molecule has 0 amide bonds. The molecule has 3 N–H and O–H groups in total. The quantitative estimate of drug-likeness (QED) is 0.662. The van der Waals surface area contributed by atoms with Crippen LogP contribution in [0.1, 0.15) is 43.7 Å². The zero-order valence-corrected chi connectivity index (χ0v) is 12.7. The number of hydrogen-bond acceptors (Lipinski definition) is 3. The van der Waals surface area contributed by atoms with Gasteiger partial charge in [-0.1, -0.05) is 28.1 Å². The number of hydrogen-bond donors (Lipinski definition) is 2. The summed E-state index contributed by atoms with van der Waals surface area (Å²) in [7, 11) is 0. The SMILES string of the molecule is NNC(c1cccc(Br)c1)C1CCOC2(CCC2)C1. The van der Waals surface area contributed by atoms with Crippen LogP contribution in [0.3, 0.4) is 0 Å². The molecule has 0 aromatic heterocycles.